The zero-order valence-electron chi connectivity index (χ0n) is 12.0. The molecule has 2 rings (SSSR count). The first-order valence-corrected chi connectivity index (χ1v) is 6.54. The molecule has 0 saturated carbocycles. The molecule has 4 nitrogen and oxygen atoms in total. The second-order valence-electron chi connectivity index (χ2n) is 4.90. The van der Waals surface area contributed by atoms with E-state index in [1.54, 1.807) is 36.4 Å². The number of nitrogens with zero attached hydrogens (tertiary/aromatic N) is 1. The van der Waals surface area contributed by atoms with E-state index < -0.39 is 0 Å². The van der Waals surface area contributed by atoms with E-state index in [-0.39, 0.29) is 12.6 Å². The second kappa shape index (κ2) is 6.10. The van der Waals surface area contributed by atoms with Crippen LogP contribution in [0.15, 0.2) is 36.4 Å². The Kier molecular flexibility index (Phi) is 4.24. The Morgan fingerprint density at radius 1 is 1.19 bits per heavy atom. The van der Waals surface area contributed by atoms with E-state index in [1.807, 2.05) is 13.8 Å². The van der Waals surface area contributed by atoms with Crippen molar-refractivity contribution in [2.24, 2.45) is 0 Å². The fraction of sp³-hybridized carbons (Fsp3) is 0.176. The Morgan fingerprint density at radius 3 is 2.57 bits per heavy atom. The summed E-state index contributed by atoms with van der Waals surface area (Å²) in [6.45, 7) is 3.91. The van der Waals surface area contributed by atoms with E-state index in [9.17, 15) is 4.79 Å². The molecule has 2 aromatic rings. The van der Waals surface area contributed by atoms with Crippen LogP contribution in [0.3, 0.4) is 0 Å². The number of anilines is 1. The standard InChI is InChI=1S/C17H16N2O2/c1-11-7-13(9-18)3-4-15(11)10-21-17(20)14-5-6-16(19)12(2)8-14/h3-8H,10,19H2,1-2H3. The molecule has 0 aliphatic carbocycles. The normalized spacial score (nSPS) is 9.95. The van der Waals surface area contributed by atoms with E-state index in [1.165, 1.54) is 0 Å². The Morgan fingerprint density at radius 2 is 1.95 bits per heavy atom. The number of nitrogens with two attached hydrogens (primary N) is 1. The fourth-order valence-electron chi connectivity index (χ4n) is 1.96. The van der Waals surface area contributed by atoms with Crippen LogP contribution in [-0.2, 0) is 11.3 Å². The molecule has 0 aromatic heterocycles. The first kappa shape index (κ1) is 14.6. The molecule has 0 atom stereocenters. The molecular formula is C17H16N2O2. The SMILES string of the molecule is Cc1cc(C(=O)OCc2ccc(C#N)cc2C)ccc1N. The summed E-state index contributed by atoms with van der Waals surface area (Å²) < 4.78 is 5.30. The minimum absolute atomic E-state index is 0.180. The lowest BCUT2D eigenvalue weighted by Crippen LogP contribution is -2.07. The smallest absolute Gasteiger partial charge is 0.338 e. The van der Waals surface area contributed by atoms with Gasteiger partial charge in [-0.05, 0) is 60.9 Å². The predicted octanol–water partition coefficient (Wildman–Crippen LogP) is 3.11. The van der Waals surface area contributed by atoms with Gasteiger partial charge in [0.1, 0.15) is 6.61 Å². The minimum Gasteiger partial charge on any atom is -0.457 e. The van der Waals surface area contributed by atoms with Crippen LogP contribution in [0.5, 0.6) is 0 Å². The predicted molar refractivity (Wildman–Crippen MR) is 80.6 cm³/mol. The molecule has 0 unspecified atom stereocenters. The summed E-state index contributed by atoms with van der Waals surface area (Å²) in [5, 5.41) is 8.82. The Balaban J connectivity index is 2.07. The van der Waals surface area contributed by atoms with Crippen molar-refractivity contribution in [1.29, 1.82) is 5.26 Å². The molecule has 0 saturated heterocycles. The van der Waals surface area contributed by atoms with Gasteiger partial charge in [0.15, 0.2) is 0 Å². The molecule has 0 heterocycles. The van der Waals surface area contributed by atoms with Crippen molar-refractivity contribution in [2.75, 3.05) is 5.73 Å². The zero-order valence-corrected chi connectivity index (χ0v) is 12.0. The molecule has 0 radical (unpaired) electrons. The first-order valence-electron chi connectivity index (χ1n) is 6.54. The quantitative estimate of drug-likeness (QED) is 0.692. The number of carbonyl (C=O) groups excluding carboxylic acids is 1. The summed E-state index contributed by atoms with van der Waals surface area (Å²) in [5.74, 6) is -0.387. The minimum atomic E-state index is -0.387. The lowest BCUT2D eigenvalue weighted by Gasteiger charge is -2.09. The summed E-state index contributed by atoms with van der Waals surface area (Å²) in [6.07, 6.45) is 0. The highest BCUT2D eigenvalue weighted by molar-refractivity contribution is 5.90. The van der Waals surface area contributed by atoms with Crippen molar-refractivity contribution < 1.29 is 9.53 Å². The third-order valence-electron chi connectivity index (χ3n) is 3.34. The van der Waals surface area contributed by atoms with E-state index in [0.29, 0.717) is 16.8 Å². The highest BCUT2D eigenvalue weighted by Gasteiger charge is 2.09. The average molecular weight is 280 g/mol. The number of carbonyl (C=O) groups is 1. The molecule has 0 aliphatic heterocycles. The first-order chi connectivity index (χ1) is 10.0. The number of hydrogen-bond acceptors (Lipinski definition) is 4. The molecule has 0 bridgehead atoms. The molecule has 4 heteroatoms. The van der Waals surface area contributed by atoms with Crippen molar-refractivity contribution in [1.82, 2.24) is 0 Å². The van der Waals surface area contributed by atoms with Crippen molar-refractivity contribution in [2.45, 2.75) is 20.5 Å². The highest BCUT2D eigenvalue weighted by atomic mass is 16.5. The number of nitriles is 1. The maximum absolute atomic E-state index is 12.0. The van der Waals surface area contributed by atoms with Crippen LogP contribution in [0.1, 0.15) is 32.6 Å². The molecule has 0 amide bonds. The largest absolute Gasteiger partial charge is 0.457 e. The van der Waals surface area contributed by atoms with Crippen molar-refractivity contribution in [3.05, 3.63) is 64.2 Å². The molecule has 0 spiro atoms. The number of ether oxygens (including phenoxy) is 1. The summed E-state index contributed by atoms with van der Waals surface area (Å²) in [4.78, 5) is 12.0. The number of hydrogen-bond donors (Lipinski definition) is 1. The van der Waals surface area contributed by atoms with Crippen molar-refractivity contribution in [3.8, 4) is 6.07 Å². The maximum Gasteiger partial charge on any atom is 0.338 e. The molecule has 21 heavy (non-hydrogen) atoms. The lowest BCUT2D eigenvalue weighted by molar-refractivity contribution is 0.0472. The third-order valence-corrected chi connectivity index (χ3v) is 3.34. The number of rotatable bonds is 3. The van der Waals surface area contributed by atoms with Gasteiger partial charge in [0.25, 0.3) is 0 Å². The van der Waals surface area contributed by atoms with Gasteiger partial charge in [-0.2, -0.15) is 5.26 Å². The monoisotopic (exact) mass is 280 g/mol. The van der Waals surface area contributed by atoms with Crippen LogP contribution in [-0.4, -0.2) is 5.97 Å². The number of nitrogen functional groups attached to an aromatic ring is 1. The Hall–Kier alpha value is -2.80. The molecule has 106 valence electrons. The Labute approximate surface area is 123 Å². The summed E-state index contributed by atoms with van der Waals surface area (Å²) in [5.41, 5.74) is 10.1. The summed E-state index contributed by atoms with van der Waals surface area (Å²) in [7, 11) is 0. The maximum atomic E-state index is 12.0. The highest BCUT2D eigenvalue weighted by Crippen LogP contribution is 2.16. The molecular weight excluding hydrogens is 264 g/mol. The van der Waals surface area contributed by atoms with E-state index in [4.69, 9.17) is 15.7 Å². The van der Waals surface area contributed by atoms with Gasteiger partial charge in [0.05, 0.1) is 17.2 Å². The topological polar surface area (TPSA) is 76.1 Å². The van der Waals surface area contributed by atoms with E-state index in [0.717, 1.165) is 16.7 Å². The van der Waals surface area contributed by atoms with E-state index >= 15 is 0 Å². The van der Waals surface area contributed by atoms with Gasteiger partial charge in [-0.15, -0.1) is 0 Å². The van der Waals surface area contributed by atoms with Crippen LogP contribution in [0.2, 0.25) is 0 Å². The van der Waals surface area contributed by atoms with Crippen LogP contribution in [0.25, 0.3) is 0 Å². The van der Waals surface area contributed by atoms with Gasteiger partial charge in [-0.3, -0.25) is 0 Å². The van der Waals surface area contributed by atoms with Gasteiger partial charge < -0.3 is 10.5 Å². The second-order valence-corrected chi connectivity index (χ2v) is 4.90. The summed E-state index contributed by atoms with van der Waals surface area (Å²) in [6, 6.07) is 12.4. The van der Waals surface area contributed by atoms with Gasteiger partial charge in [-0.25, -0.2) is 4.79 Å². The lowest BCUT2D eigenvalue weighted by atomic mass is 10.1. The van der Waals surface area contributed by atoms with Gasteiger partial charge in [0.2, 0.25) is 0 Å². The van der Waals surface area contributed by atoms with Crippen LogP contribution >= 0.6 is 0 Å². The van der Waals surface area contributed by atoms with Crippen LogP contribution in [0, 0.1) is 25.2 Å². The third kappa shape index (κ3) is 3.40. The molecule has 2 aromatic carbocycles. The van der Waals surface area contributed by atoms with Crippen molar-refractivity contribution >= 4 is 11.7 Å². The average Bonchev–Trinajstić information content (AvgIpc) is 2.48. The molecule has 2 N–H and O–H groups in total. The fourth-order valence-corrected chi connectivity index (χ4v) is 1.96. The van der Waals surface area contributed by atoms with Gasteiger partial charge in [-0.1, -0.05) is 6.07 Å². The number of benzene rings is 2. The van der Waals surface area contributed by atoms with Gasteiger partial charge in [0, 0.05) is 5.69 Å². The number of esters is 1. The van der Waals surface area contributed by atoms with Crippen LogP contribution in [0.4, 0.5) is 5.69 Å². The van der Waals surface area contributed by atoms with Crippen molar-refractivity contribution in [3.63, 3.8) is 0 Å². The molecule has 0 fully saturated rings. The molecule has 0 aliphatic rings. The summed E-state index contributed by atoms with van der Waals surface area (Å²) >= 11 is 0. The zero-order chi connectivity index (χ0) is 15.4. The Bertz CT molecular complexity index is 730. The van der Waals surface area contributed by atoms with Crippen LogP contribution < -0.4 is 5.73 Å². The van der Waals surface area contributed by atoms with E-state index in [2.05, 4.69) is 6.07 Å². The van der Waals surface area contributed by atoms with Gasteiger partial charge >= 0.3 is 5.97 Å². The number of aryl methyl sites for hydroxylation is 2.